The van der Waals surface area contributed by atoms with Crippen LogP contribution in [0.15, 0.2) is 0 Å². The Balaban J connectivity index is 0. The molecule has 0 aromatic heterocycles. The van der Waals surface area contributed by atoms with E-state index in [1.165, 1.54) is 0 Å². The van der Waals surface area contributed by atoms with Crippen molar-refractivity contribution in [1.29, 1.82) is 0 Å². The Kier molecular flexibility index (Phi) is 6.24. The van der Waals surface area contributed by atoms with Gasteiger partial charge in [-0.1, -0.05) is 0 Å². The Labute approximate surface area is 100.0 Å². The summed E-state index contributed by atoms with van der Waals surface area (Å²) in [7, 11) is -3.88. The number of hydrogen-bond donors (Lipinski definition) is 0. The fraction of sp³-hybridized carbons (Fsp3) is 1.00. The van der Waals surface area contributed by atoms with Gasteiger partial charge in [-0.3, -0.25) is 0 Å². The molecule has 0 radical (unpaired) electrons. The van der Waals surface area contributed by atoms with Crippen molar-refractivity contribution in [3.8, 4) is 0 Å². The van der Waals surface area contributed by atoms with E-state index in [0.717, 1.165) is 0 Å². The van der Waals surface area contributed by atoms with E-state index in [1.807, 2.05) is 0 Å². The van der Waals surface area contributed by atoms with Crippen LogP contribution in [0.4, 0.5) is 12.9 Å². The first-order valence-electron chi connectivity index (χ1n) is 2.09. The summed E-state index contributed by atoms with van der Waals surface area (Å²) in [4.78, 5) is 0. The van der Waals surface area contributed by atoms with Gasteiger partial charge in [-0.2, -0.15) is 0 Å². The first-order chi connectivity index (χ1) is 3.71. The first-order valence-corrected chi connectivity index (χ1v) is 4.15. The molecule has 0 aliphatic rings. The van der Waals surface area contributed by atoms with Crippen LogP contribution in [-0.4, -0.2) is 27.3 Å². The predicted octanol–water partition coefficient (Wildman–Crippen LogP) is -2.58. The zero-order valence-corrected chi connectivity index (χ0v) is 9.58. The largest absolute Gasteiger partial charge is 1.00 e. The monoisotopic (exact) mass is 200 g/mol. The van der Waals surface area contributed by atoms with Crippen molar-refractivity contribution in [2.45, 2.75) is 0 Å². The normalized spacial score (nSPS) is 12.4. The number of halogens is 3. The van der Waals surface area contributed by atoms with Crippen LogP contribution in [0.25, 0.3) is 0 Å². The third-order valence-corrected chi connectivity index (χ3v) is 1.48. The van der Waals surface area contributed by atoms with E-state index in [2.05, 4.69) is 0 Å². The van der Waals surface area contributed by atoms with Crippen LogP contribution in [0, 0.1) is 0 Å². The molecule has 0 aromatic carbocycles. The van der Waals surface area contributed by atoms with Crippen molar-refractivity contribution in [1.82, 2.24) is 0 Å². The maximum atomic E-state index is 11.2. The molecule has 0 aromatic rings. The smallest absolute Gasteiger partial charge is 0.448 e. The second kappa shape index (κ2) is 4.46. The van der Waals surface area contributed by atoms with Crippen LogP contribution >= 0.6 is 0 Å². The van der Waals surface area contributed by atoms with Crippen molar-refractivity contribution in [2.75, 3.05) is 11.9 Å². The second-order valence-corrected chi connectivity index (χ2v) is 3.99. The number of rotatable bonds is 2. The molecule has 0 saturated heterocycles. The van der Waals surface area contributed by atoms with E-state index in [4.69, 9.17) is 0 Å². The molecule has 0 fully saturated rings. The zero-order chi connectivity index (χ0) is 7.71. The summed E-state index contributed by atoms with van der Waals surface area (Å²) < 4.78 is 53.6. The van der Waals surface area contributed by atoms with Gasteiger partial charge in [-0.25, -0.2) is 8.42 Å². The van der Waals surface area contributed by atoms with Gasteiger partial charge in [0.2, 0.25) is 0 Å². The van der Waals surface area contributed by atoms with Crippen molar-refractivity contribution < 1.29 is 72.7 Å². The molecule has 2 nitrogen and oxygen atoms in total. The molecule has 0 atom stereocenters. The number of hydrogen-bond acceptors (Lipinski definition) is 2. The van der Waals surface area contributed by atoms with Crippen LogP contribution in [0.1, 0.15) is 0 Å². The summed E-state index contributed by atoms with van der Waals surface area (Å²) in [5, 5.41) is 0. The van der Waals surface area contributed by atoms with Gasteiger partial charge in [-0.05, 0) is 0 Å². The summed E-state index contributed by atoms with van der Waals surface area (Å²) in [5.74, 6) is 0. The Morgan fingerprint density at radius 2 is 1.60 bits per heavy atom. The molecule has 8 heteroatoms. The molecule has 0 aliphatic carbocycles. The van der Waals surface area contributed by atoms with E-state index in [0.29, 0.717) is 6.26 Å². The molecular weight excluding hydrogens is 195 g/mol. The van der Waals surface area contributed by atoms with Gasteiger partial charge in [0.25, 0.3) is 0 Å². The Bertz CT molecular complexity index is 185. The SMILES string of the molecule is CS(=O)(=O)C[B-](F)(F)F.[K+]. The van der Waals surface area contributed by atoms with Crippen molar-refractivity contribution in [3.05, 3.63) is 0 Å². The third-order valence-electron chi connectivity index (χ3n) is 0.492. The molecule has 0 rings (SSSR count). The molecule has 0 bridgehead atoms. The average Bonchev–Trinajstić information content (AvgIpc) is 1.14. The van der Waals surface area contributed by atoms with E-state index in [9.17, 15) is 21.4 Å². The molecule has 56 valence electrons. The van der Waals surface area contributed by atoms with Gasteiger partial charge >= 0.3 is 58.4 Å². The van der Waals surface area contributed by atoms with E-state index in [1.54, 1.807) is 0 Å². The molecule has 0 heterocycles. The second-order valence-electron chi connectivity index (χ2n) is 1.80. The molecule has 10 heavy (non-hydrogen) atoms. The minimum absolute atomic E-state index is 0. The van der Waals surface area contributed by atoms with E-state index in [-0.39, 0.29) is 51.4 Å². The van der Waals surface area contributed by atoms with Crippen molar-refractivity contribution in [2.24, 2.45) is 0 Å². The third kappa shape index (κ3) is 12.1. The van der Waals surface area contributed by atoms with Crippen LogP contribution < -0.4 is 51.4 Å². The topological polar surface area (TPSA) is 34.1 Å². The minimum atomic E-state index is -5.18. The van der Waals surface area contributed by atoms with Gasteiger partial charge < -0.3 is 12.9 Å². The quantitative estimate of drug-likeness (QED) is 0.459. The minimum Gasteiger partial charge on any atom is -0.448 e. The maximum absolute atomic E-state index is 11.2. The van der Waals surface area contributed by atoms with Gasteiger partial charge in [0, 0.05) is 11.9 Å². The zero-order valence-electron chi connectivity index (χ0n) is 5.64. The molecule has 0 amide bonds. The van der Waals surface area contributed by atoms with Crippen LogP contribution in [0.5, 0.6) is 0 Å². The average molecular weight is 200 g/mol. The summed E-state index contributed by atoms with van der Waals surface area (Å²) >= 11 is 0. The van der Waals surface area contributed by atoms with Crippen LogP contribution in [0.2, 0.25) is 0 Å². The fourth-order valence-corrected chi connectivity index (χ4v) is 1.03. The van der Waals surface area contributed by atoms with Crippen molar-refractivity contribution >= 4 is 16.8 Å². The van der Waals surface area contributed by atoms with E-state index >= 15 is 0 Å². The summed E-state index contributed by atoms with van der Waals surface area (Å²) in [6.45, 7) is -5.18. The van der Waals surface area contributed by atoms with Crippen LogP contribution in [0.3, 0.4) is 0 Å². The Morgan fingerprint density at radius 3 is 1.60 bits per heavy atom. The number of sulfone groups is 1. The summed E-state index contributed by atoms with van der Waals surface area (Å²) in [5.41, 5.74) is -1.67. The van der Waals surface area contributed by atoms with Gasteiger partial charge in [0.15, 0.2) is 0 Å². The van der Waals surface area contributed by atoms with Gasteiger partial charge in [-0.15, -0.1) is 0 Å². The molecule has 0 N–H and O–H groups in total. The molecular formula is C2H5BF3KO2S. The van der Waals surface area contributed by atoms with Crippen LogP contribution in [-0.2, 0) is 9.84 Å². The predicted molar refractivity (Wildman–Crippen MR) is 28.8 cm³/mol. The Hall–Kier alpha value is 1.44. The van der Waals surface area contributed by atoms with Gasteiger partial charge in [0.1, 0.15) is 9.84 Å². The Morgan fingerprint density at radius 1 is 1.30 bits per heavy atom. The summed E-state index contributed by atoms with van der Waals surface area (Å²) in [6.07, 6.45) is 0.558. The molecule has 0 aliphatic heterocycles. The standard InChI is InChI=1S/C2H5BF3O2S.K/c1-9(7,8)2-3(4,5)6;/h2H2,1H3;/q-1;+1. The molecule has 0 saturated carbocycles. The van der Waals surface area contributed by atoms with Gasteiger partial charge in [0.05, 0.1) is 0 Å². The first kappa shape index (κ1) is 14.0. The van der Waals surface area contributed by atoms with Crippen molar-refractivity contribution in [3.63, 3.8) is 0 Å². The molecule has 0 unspecified atom stereocenters. The summed E-state index contributed by atoms with van der Waals surface area (Å²) in [6, 6.07) is 0. The maximum Gasteiger partial charge on any atom is 1.00 e. The van der Waals surface area contributed by atoms with E-state index < -0.39 is 22.5 Å². The molecule has 0 spiro atoms. The fourth-order valence-electron chi connectivity index (χ4n) is 0.343.